The van der Waals surface area contributed by atoms with Crippen molar-refractivity contribution in [3.8, 4) is 0 Å². The van der Waals surface area contributed by atoms with Crippen LogP contribution < -0.4 is 5.32 Å². The first kappa shape index (κ1) is 12.2. The predicted molar refractivity (Wildman–Crippen MR) is 63.9 cm³/mol. The van der Waals surface area contributed by atoms with Crippen molar-refractivity contribution < 1.29 is 4.74 Å². The van der Waals surface area contributed by atoms with E-state index in [0.29, 0.717) is 12.1 Å². The highest BCUT2D eigenvalue weighted by Gasteiger charge is 2.11. The summed E-state index contributed by atoms with van der Waals surface area (Å²) in [6, 6.07) is 11.4. The van der Waals surface area contributed by atoms with Crippen molar-refractivity contribution in [2.45, 2.75) is 32.4 Å². The Hall–Kier alpha value is -0.860. The van der Waals surface area contributed by atoms with E-state index in [0.717, 1.165) is 13.0 Å². The molecule has 0 fully saturated rings. The summed E-state index contributed by atoms with van der Waals surface area (Å²) in [5, 5.41) is 3.56. The second-order valence-electron chi connectivity index (χ2n) is 3.89. The van der Waals surface area contributed by atoms with Crippen LogP contribution in [0.25, 0.3) is 0 Å². The van der Waals surface area contributed by atoms with Gasteiger partial charge in [-0.1, -0.05) is 37.3 Å². The summed E-state index contributed by atoms with van der Waals surface area (Å²) in [6.07, 6.45) is 1.10. The van der Waals surface area contributed by atoms with Crippen LogP contribution in [0.2, 0.25) is 0 Å². The Balaban J connectivity index is 2.56. The van der Waals surface area contributed by atoms with Crippen molar-refractivity contribution in [1.82, 2.24) is 5.32 Å². The molecule has 1 aromatic rings. The fourth-order valence-electron chi connectivity index (χ4n) is 1.78. The Morgan fingerprint density at radius 1 is 1.27 bits per heavy atom. The molecule has 0 aliphatic heterocycles. The SMILES string of the molecule is CC[C@H](N[C@@H](C)COC)c1ccccc1. The summed E-state index contributed by atoms with van der Waals surface area (Å²) in [5.74, 6) is 0. The van der Waals surface area contributed by atoms with E-state index in [2.05, 4.69) is 49.5 Å². The standard InChI is InChI=1S/C13H21NO/c1-4-13(14-11(2)10-15-3)12-8-6-5-7-9-12/h5-9,11,13-14H,4,10H2,1-3H3/t11-,13-/m0/s1. The van der Waals surface area contributed by atoms with Crippen molar-refractivity contribution in [1.29, 1.82) is 0 Å². The highest BCUT2D eigenvalue weighted by molar-refractivity contribution is 5.18. The Morgan fingerprint density at radius 3 is 2.47 bits per heavy atom. The summed E-state index contributed by atoms with van der Waals surface area (Å²) in [7, 11) is 1.74. The number of methoxy groups -OCH3 is 1. The molecule has 0 saturated carbocycles. The smallest absolute Gasteiger partial charge is 0.0613 e. The molecule has 15 heavy (non-hydrogen) atoms. The van der Waals surface area contributed by atoms with Crippen molar-refractivity contribution in [2.24, 2.45) is 0 Å². The third-order valence-electron chi connectivity index (χ3n) is 2.51. The van der Waals surface area contributed by atoms with Crippen LogP contribution in [0.4, 0.5) is 0 Å². The summed E-state index contributed by atoms with van der Waals surface area (Å²) >= 11 is 0. The normalized spacial score (nSPS) is 14.9. The van der Waals surface area contributed by atoms with Crippen LogP contribution in [-0.2, 0) is 4.74 Å². The maximum Gasteiger partial charge on any atom is 0.0613 e. The van der Waals surface area contributed by atoms with Crippen molar-refractivity contribution >= 4 is 0 Å². The van der Waals surface area contributed by atoms with Gasteiger partial charge in [-0.3, -0.25) is 0 Å². The second kappa shape index (κ2) is 6.59. The number of hydrogen-bond acceptors (Lipinski definition) is 2. The van der Waals surface area contributed by atoms with Gasteiger partial charge in [-0.15, -0.1) is 0 Å². The molecule has 0 saturated heterocycles. The topological polar surface area (TPSA) is 21.3 Å². The molecular weight excluding hydrogens is 186 g/mol. The molecule has 0 bridgehead atoms. The lowest BCUT2D eigenvalue weighted by molar-refractivity contribution is 0.166. The molecule has 0 aliphatic carbocycles. The molecule has 0 amide bonds. The van der Waals surface area contributed by atoms with Gasteiger partial charge in [0.05, 0.1) is 6.61 Å². The van der Waals surface area contributed by atoms with Crippen LogP contribution in [0.1, 0.15) is 31.9 Å². The van der Waals surface area contributed by atoms with E-state index in [9.17, 15) is 0 Å². The van der Waals surface area contributed by atoms with E-state index in [1.54, 1.807) is 7.11 Å². The average Bonchev–Trinajstić information content (AvgIpc) is 2.27. The second-order valence-corrected chi connectivity index (χ2v) is 3.89. The minimum atomic E-state index is 0.389. The molecule has 1 N–H and O–H groups in total. The van der Waals surface area contributed by atoms with Gasteiger partial charge in [-0.05, 0) is 18.9 Å². The monoisotopic (exact) mass is 207 g/mol. The van der Waals surface area contributed by atoms with Gasteiger partial charge in [-0.2, -0.15) is 0 Å². The lowest BCUT2D eigenvalue weighted by atomic mass is 10.0. The molecule has 0 heterocycles. The summed E-state index contributed by atoms with van der Waals surface area (Å²) < 4.78 is 5.12. The summed E-state index contributed by atoms with van der Waals surface area (Å²) in [4.78, 5) is 0. The van der Waals surface area contributed by atoms with Gasteiger partial charge in [0.2, 0.25) is 0 Å². The highest BCUT2D eigenvalue weighted by atomic mass is 16.5. The average molecular weight is 207 g/mol. The first-order valence-corrected chi connectivity index (χ1v) is 5.57. The van der Waals surface area contributed by atoms with E-state index < -0.39 is 0 Å². The lowest BCUT2D eigenvalue weighted by Crippen LogP contribution is -2.33. The molecule has 0 radical (unpaired) electrons. The fourth-order valence-corrected chi connectivity index (χ4v) is 1.78. The lowest BCUT2D eigenvalue weighted by Gasteiger charge is -2.22. The molecule has 1 rings (SSSR count). The third-order valence-corrected chi connectivity index (χ3v) is 2.51. The molecule has 2 nitrogen and oxygen atoms in total. The van der Waals surface area contributed by atoms with E-state index in [1.807, 2.05) is 0 Å². The zero-order valence-corrected chi connectivity index (χ0v) is 9.86. The zero-order valence-electron chi connectivity index (χ0n) is 9.86. The number of rotatable bonds is 6. The first-order chi connectivity index (χ1) is 7.27. The fraction of sp³-hybridized carbons (Fsp3) is 0.538. The first-order valence-electron chi connectivity index (χ1n) is 5.57. The molecule has 0 aromatic heterocycles. The predicted octanol–water partition coefficient (Wildman–Crippen LogP) is 2.76. The van der Waals surface area contributed by atoms with Crippen LogP contribution in [0.3, 0.4) is 0 Å². The highest BCUT2D eigenvalue weighted by Crippen LogP contribution is 2.16. The Bertz CT molecular complexity index is 260. The van der Waals surface area contributed by atoms with Gasteiger partial charge in [0.1, 0.15) is 0 Å². The molecular formula is C13H21NO. The van der Waals surface area contributed by atoms with Gasteiger partial charge in [0.25, 0.3) is 0 Å². The van der Waals surface area contributed by atoms with Gasteiger partial charge >= 0.3 is 0 Å². The Labute approximate surface area is 92.6 Å². The minimum Gasteiger partial charge on any atom is -0.383 e. The quantitative estimate of drug-likeness (QED) is 0.774. The number of benzene rings is 1. The summed E-state index contributed by atoms with van der Waals surface area (Å²) in [5.41, 5.74) is 1.35. The van der Waals surface area contributed by atoms with E-state index in [1.165, 1.54) is 5.56 Å². The van der Waals surface area contributed by atoms with Crippen LogP contribution in [0, 0.1) is 0 Å². The molecule has 0 spiro atoms. The number of ether oxygens (including phenoxy) is 1. The zero-order chi connectivity index (χ0) is 11.1. The van der Waals surface area contributed by atoms with Gasteiger partial charge < -0.3 is 10.1 Å². The summed E-state index contributed by atoms with van der Waals surface area (Å²) in [6.45, 7) is 5.10. The maximum atomic E-state index is 5.12. The Kier molecular flexibility index (Phi) is 5.37. The van der Waals surface area contributed by atoms with Crippen LogP contribution in [0.5, 0.6) is 0 Å². The number of hydrogen-bond donors (Lipinski definition) is 1. The largest absolute Gasteiger partial charge is 0.383 e. The molecule has 2 heteroatoms. The van der Waals surface area contributed by atoms with Gasteiger partial charge in [0.15, 0.2) is 0 Å². The van der Waals surface area contributed by atoms with Crippen LogP contribution >= 0.6 is 0 Å². The minimum absolute atomic E-state index is 0.389. The van der Waals surface area contributed by atoms with E-state index >= 15 is 0 Å². The maximum absolute atomic E-state index is 5.12. The third kappa shape index (κ3) is 4.02. The molecule has 0 unspecified atom stereocenters. The molecule has 2 atom stereocenters. The van der Waals surface area contributed by atoms with Crippen LogP contribution in [-0.4, -0.2) is 19.8 Å². The van der Waals surface area contributed by atoms with Crippen molar-refractivity contribution in [3.63, 3.8) is 0 Å². The molecule has 1 aromatic carbocycles. The molecule has 84 valence electrons. The van der Waals surface area contributed by atoms with Crippen molar-refractivity contribution in [2.75, 3.05) is 13.7 Å². The number of nitrogens with one attached hydrogen (secondary N) is 1. The molecule has 0 aliphatic rings. The van der Waals surface area contributed by atoms with E-state index in [4.69, 9.17) is 4.74 Å². The van der Waals surface area contributed by atoms with Crippen LogP contribution in [0.15, 0.2) is 30.3 Å². The van der Waals surface area contributed by atoms with E-state index in [-0.39, 0.29) is 0 Å². The van der Waals surface area contributed by atoms with Crippen molar-refractivity contribution in [3.05, 3.63) is 35.9 Å². The Morgan fingerprint density at radius 2 is 1.93 bits per heavy atom. The van der Waals surface area contributed by atoms with Gasteiger partial charge in [-0.25, -0.2) is 0 Å². The van der Waals surface area contributed by atoms with Gasteiger partial charge in [0, 0.05) is 19.2 Å².